The zero-order valence-electron chi connectivity index (χ0n) is 20.0. The van der Waals surface area contributed by atoms with E-state index in [0.717, 1.165) is 33.8 Å². The minimum atomic E-state index is -0.0976. The number of carbonyl (C=O) groups is 1. The molecule has 0 bridgehead atoms. The summed E-state index contributed by atoms with van der Waals surface area (Å²) >= 11 is 0. The van der Waals surface area contributed by atoms with Crippen molar-refractivity contribution in [3.63, 3.8) is 0 Å². The Morgan fingerprint density at radius 1 is 1.11 bits per heavy atom. The van der Waals surface area contributed by atoms with Crippen molar-refractivity contribution in [2.45, 2.75) is 6.92 Å². The fourth-order valence-electron chi connectivity index (χ4n) is 4.21. The number of aromatic nitrogens is 6. The zero-order chi connectivity index (χ0) is 25.4. The number of nitrogens with one attached hydrogen (secondary N) is 1. The van der Waals surface area contributed by atoms with E-state index in [1.807, 2.05) is 55.5 Å². The van der Waals surface area contributed by atoms with Crippen molar-refractivity contribution in [3.05, 3.63) is 91.3 Å². The third-order valence-corrected chi connectivity index (χ3v) is 6.13. The molecule has 4 aromatic heterocycles. The van der Waals surface area contributed by atoms with Gasteiger partial charge in [-0.2, -0.15) is 5.10 Å². The van der Waals surface area contributed by atoms with Crippen LogP contribution in [0.15, 0.2) is 80.0 Å². The summed E-state index contributed by atoms with van der Waals surface area (Å²) in [6, 6.07) is 13.3. The van der Waals surface area contributed by atoms with Crippen molar-refractivity contribution < 1.29 is 9.53 Å². The van der Waals surface area contributed by atoms with E-state index in [2.05, 4.69) is 31.9 Å². The highest BCUT2D eigenvalue weighted by atomic mass is 16.5. The van der Waals surface area contributed by atoms with Crippen LogP contribution in [0.2, 0.25) is 0 Å². The molecule has 10 heteroatoms. The molecule has 1 aliphatic heterocycles. The highest BCUT2D eigenvalue weighted by Crippen LogP contribution is 2.30. The molecule has 1 aliphatic rings. The molecule has 0 saturated heterocycles. The second-order valence-corrected chi connectivity index (χ2v) is 8.57. The Hall–Kier alpha value is -5.12. The number of rotatable bonds is 6. The van der Waals surface area contributed by atoms with E-state index in [1.54, 1.807) is 15.6 Å². The summed E-state index contributed by atoms with van der Waals surface area (Å²) in [5.41, 5.74) is 5.63. The molecule has 5 aromatic rings. The van der Waals surface area contributed by atoms with Gasteiger partial charge < -0.3 is 15.0 Å². The van der Waals surface area contributed by atoms with Crippen molar-refractivity contribution in [1.29, 1.82) is 0 Å². The van der Waals surface area contributed by atoms with Crippen LogP contribution in [0.1, 0.15) is 11.3 Å². The van der Waals surface area contributed by atoms with Gasteiger partial charge in [0.25, 0.3) is 0 Å². The lowest BCUT2D eigenvalue weighted by atomic mass is 10.1. The van der Waals surface area contributed by atoms with Gasteiger partial charge in [0.2, 0.25) is 5.91 Å². The summed E-state index contributed by atoms with van der Waals surface area (Å²) in [4.78, 5) is 31.5. The first-order chi connectivity index (χ1) is 18.1. The van der Waals surface area contributed by atoms with E-state index >= 15 is 0 Å². The predicted molar refractivity (Wildman–Crippen MR) is 140 cm³/mol. The lowest BCUT2D eigenvalue weighted by Gasteiger charge is -2.14. The average Bonchev–Trinajstić information content (AvgIpc) is 3.60. The largest absolute Gasteiger partial charge is 0.457 e. The van der Waals surface area contributed by atoms with Crippen LogP contribution in [0.5, 0.6) is 11.5 Å². The summed E-state index contributed by atoms with van der Waals surface area (Å²) < 4.78 is 7.76. The van der Waals surface area contributed by atoms with E-state index in [-0.39, 0.29) is 5.91 Å². The van der Waals surface area contributed by atoms with Gasteiger partial charge >= 0.3 is 0 Å². The minimum absolute atomic E-state index is 0.0976. The molecule has 1 amide bonds. The maximum Gasteiger partial charge on any atom is 0.246 e. The van der Waals surface area contributed by atoms with Gasteiger partial charge in [0, 0.05) is 31.0 Å². The number of aryl methyl sites for hydroxylation is 1. The number of anilines is 2. The van der Waals surface area contributed by atoms with Crippen LogP contribution >= 0.6 is 0 Å². The van der Waals surface area contributed by atoms with E-state index in [0.29, 0.717) is 35.8 Å². The summed E-state index contributed by atoms with van der Waals surface area (Å²) in [6.45, 7) is 6.58. The first-order valence-corrected chi connectivity index (χ1v) is 11.6. The molecule has 182 valence electrons. The molecule has 1 N–H and O–H groups in total. The molecule has 0 radical (unpaired) electrons. The van der Waals surface area contributed by atoms with Crippen molar-refractivity contribution in [3.8, 4) is 11.5 Å². The molecule has 0 saturated carbocycles. The van der Waals surface area contributed by atoms with E-state index in [4.69, 9.17) is 9.72 Å². The number of fused-ring (bicyclic) bond motifs is 2. The normalized spacial score (nSPS) is 13.1. The van der Waals surface area contributed by atoms with Gasteiger partial charge in [-0.3, -0.25) is 4.79 Å². The number of hydrogen-bond acceptors (Lipinski definition) is 8. The van der Waals surface area contributed by atoms with E-state index < -0.39 is 0 Å². The molecule has 5 heterocycles. The van der Waals surface area contributed by atoms with Gasteiger partial charge in [-0.05, 0) is 60.5 Å². The Bertz CT molecular complexity index is 1710. The third-order valence-electron chi connectivity index (χ3n) is 6.13. The SMILES string of the molecule is C=CC(=O)N1CC=C(c2ccc3ncnc(Nc4ccc(Oc5ccn6ncnc6c5)c(C)c4)c3n2)C1. The third kappa shape index (κ3) is 4.36. The Kier molecular flexibility index (Phi) is 5.53. The van der Waals surface area contributed by atoms with Crippen LogP contribution in [-0.2, 0) is 4.79 Å². The molecule has 37 heavy (non-hydrogen) atoms. The maximum atomic E-state index is 12.0. The van der Waals surface area contributed by atoms with Gasteiger partial charge in [0.05, 0.1) is 11.2 Å². The monoisotopic (exact) mass is 490 g/mol. The molecule has 0 fully saturated rings. The Labute approximate surface area is 212 Å². The number of nitrogens with zero attached hydrogens (tertiary/aromatic N) is 7. The topological polar surface area (TPSA) is 110 Å². The van der Waals surface area contributed by atoms with Gasteiger partial charge in [0.1, 0.15) is 29.7 Å². The molecular weight excluding hydrogens is 468 g/mol. The predicted octanol–water partition coefficient (Wildman–Crippen LogP) is 4.32. The summed E-state index contributed by atoms with van der Waals surface area (Å²) in [6.07, 6.45) is 8.16. The maximum absolute atomic E-state index is 12.0. The standard InChI is InChI=1S/C27H22N8O2/c1-3-25(36)34-10-8-18(14-34)21-5-6-22-26(33-21)27(30-15-28-22)32-19-4-7-23(17(2)12-19)37-20-9-11-35-24(13-20)29-16-31-35/h3-9,11-13,15-16H,1,10,14H2,2H3,(H,28,30,32). The molecule has 10 nitrogen and oxygen atoms in total. The Balaban J connectivity index is 1.24. The zero-order valence-corrected chi connectivity index (χ0v) is 20.0. The first kappa shape index (κ1) is 22.4. The highest BCUT2D eigenvalue weighted by molar-refractivity contribution is 5.91. The molecule has 0 spiro atoms. The number of amides is 1. The van der Waals surface area contributed by atoms with Crippen LogP contribution in [-0.4, -0.2) is 53.4 Å². The lowest BCUT2D eigenvalue weighted by Crippen LogP contribution is -2.26. The fraction of sp³-hybridized carbons (Fsp3) is 0.111. The first-order valence-electron chi connectivity index (χ1n) is 11.6. The summed E-state index contributed by atoms with van der Waals surface area (Å²) in [7, 11) is 0. The Morgan fingerprint density at radius 3 is 2.89 bits per heavy atom. The number of hydrogen-bond donors (Lipinski definition) is 1. The molecule has 0 aliphatic carbocycles. The van der Waals surface area contributed by atoms with Gasteiger partial charge in [0.15, 0.2) is 11.5 Å². The lowest BCUT2D eigenvalue weighted by molar-refractivity contribution is -0.124. The fourth-order valence-corrected chi connectivity index (χ4v) is 4.21. The van der Waals surface area contributed by atoms with Crippen molar-refractivity contribution in [2.75, 3.05) is 18.4 Å². The molecular formula is C27H22N8O2. The smallest absolute Gasteiger partial charge is 0.246 e. The summed E-state index contributed by atoms with van der Waals surface area (Å²) in [5, 5.41) is 7.47. The number of benzene rings is 1. The minimum Gasteiger partial charge on any atom is -0.457 e. The quantitative estimate of drug-likeness (QED) is 0.350. The van der Waals surface area contributed by atoms with Crippen LogP contribution in [0, 0.1) is 6.92 Å². The molecule has 0 atom stereocenters. The second kappa shape index (κ2) is 9.15. The van der Waals surface area contributed by atoms with Crippen LogP contribution < -0.4 is 10.1 Å². The molecule has 1 aromatic carbocycles. The number of ether oxygens (including phenoxy) is 1. The number of pyridine rings is 2. The van der Waals surface area contributed by atoms with Crippen molar-refractivity contribution in [1.82, 2.24) is 34.4 Å². The van der Waals surface area contributed by atoms with Crippen LogP contribution in [0.3, 0.4) is 0 Å². The van der Waals surface area contributed by atoms with Gasteiger partial charge in [-0.15, -0.1) is 0 Å². The van der Waals surface area contributed by atoms with Gasteiger partial charge in [-0.25, -0.2) is 24.5 Å². The van der Waals surface area contributed by atoms with E-state index in [9.17, 15) is 4.79 Å². The molecule has 6 rings (SSSR count). The summed E-state index contributed by atoms with van der Waals surface area (Å²) in [5.74, 6) is 1.90. The average molecular weight is 491 g/mol. The second-order valence-electron chi connectivity index (χ2n) is 8.57. The van der Waals surface area contributed by atoms with Crippen LogP contribution in [0.4, 0.5) is 11.5 Å². The van der Waals surface area contributed by atoms with E-state index in [1.165, 1.54) is 18.7 Å². The van der Waals surface area contributed by atoms with Crippen molar-refractivity contribution in [2.24, 2.45) is 0 Å². The van der Waals surface area contributed by atoms with Gasteiger partial charge in [-0.1, -0.05) is 12.7 Å². The highest BCUT2D eigenvalue weighted by Gasteiger charge is 2.20. The Morgan fingerprint density at radius 2 is 2.03 bits per heavy atom. The van der Waals surface area contributed by atoms with Crippen LogP contribution in [0.25, 0.3) is 22.3 Å². The van der Waals surface area contributed by atoms with Crippen molar-refractivity contribution >= 4 is 39.7 Å². The molecule has 0 unspecified atom stereocenters. The number of carbonyl (C=O) groups excluding carboxylic acids is 1.